The summed E-state index contributed by atoms with van der Waals surface area (Å²) in [7, 11) is 0.283. The van der Waals surface area contributed by atoms with E-state index in [4.69, 9.17) is 0 Å². The van der Waals surface area contributed by atoms with Gasteiger partial charge in [-0.1, -0.05) is 0 Å². The summed E-state index contributed by atoms with van der Waals surface area (Å²) in [4.78, 5) is 0. The second-order valence-corrected chi connectivity index (χ2v) is 8.69. The van der Waals surface area contributed by atoms with Crippen LogP contribution < -0.4 is 10.6 Å². The fourth-order valence-electron chi connectivity index (χ4n) is 1.32. The largest absolute Gasteiger partial charge is 2.00 e. The molecule has 0 atom stereocenters. The molecule has 17 heavy (non-hydrogen) atoms. The summed E-state index contributed by atoms with van der Waals surface area (Å²) in [5, 5.41) is 3.00. The standard InChI is InChI=1S/2C7H10P.Zr/c2*1-8(2)7-5-3-4-6-7;/h2*3-6H,1-2H3;/q2*-1;+2. The zero-order chi connectivity index (χ0) is 12.0. The van der Waals surface area contributed by atoms with Crippen molar-refractivity contribution in [3.63, 3.8) is 0 Å². The first-order valence-electron chi connectivity index (χ1n) is 5.39. The van der Waals surface area contributed by atoms with E-state index in [0.29, 0.717) is 0 Å². The van der Waals surface area contributed by atoms with Gasteiger partial charge in [0.15, 0.2) is 0 Å². The van der Waals surface area contributed by atoms with Gasteiger partial charge in [0.1, 0.15) is 0 Å². The van der Waals surface area contributed by atoms with Crippen molar-refractivity contribution in [3.05, 3.63) is 48.5 Å². The predicted molar refractivity (Wildman–Crippen MR) is 80.9 cm³/mol. The molecule has 0 aliphatic rings. The Balaban J connectivity index is 0.000000284. The summed E-state index contributed by atoms with van der Waals surface area (Å²) < 4.78 is 0. The van der Waals surface area contributed by atoms with Gasteiger partial charge in [-0.2, -0.15) is 24.3 Å². The van der Waals surface area contributed by atoms with Crippen molar-refractivity contribution in [2.24, 2.45) is 0 Å². The van der Waals surface area contributed by atoms with Crippen LogP contribution in [0.5, 0.6) is 0 Å². The molecule has 0 amide bonds. The average molecular weight is 341 g/mol. The van der Waals surface area contributed by atoms with Crippen LogP contribution in [0, 0.1) is 0 Å². The molecule has 0 nitrogen and oxygen atoms in total. The van der Waals surface area contributed by atoms with Crippen molar-refractivity contribution < 1.29 is 26.2 Å². The first-order valence-corrected chi connectivity index (χ1v) is 9.86. The summed E-state index contributed by atoms with van der Waals surface area (Å²) in [5.41, 5.74) is 0. The molecular weight excluding hydrogens is 321 g/mol. The maximum atomic E-state index is 2.27. The third-order valence-corrected chi connectivity index (χ3v) is 4.98. The molecule has 0 radical (unpaired) electrons. The molecule has 0 aromatic heterocycles. The van der Waals surface area contributed by atoms with Crippen molar-refractivity contribution >= 4 is 26.5 Å². The van der Waals surface area contributed by atoms with E-state index in [1.54, 1.807) is 0 Å². The van der Waals surface area contributed by atoms with Crippen LogP contribution in [0.3, 0.4) is 0 Å². The number of rotatable bonds is 2. The number of hydrogen-bond donors (Lipinski definition) is 0. The van der Waals surface area contributed by atoms with Gasteiger partial charge in [-0.15, -0.1) is 26.5 Å². The molecule has 0 aliphatic carbocycles. The van der Waals surface area contributed by atoms with Gasteiger partial charge in [0.25, 0.3) is 0 Å². The van der Waals surface area contributed by atoms with Gasteiger partial charge in [0, 0.05) is 0 Å². The fourth-order valence-corrected chi connectivity index (χ4v) is 2.86. The van der Waals surface area contributed by atoms with Crippen LogP contribution in [0.1, 0.15) is 0 Å². The first-order chi connectivity index (χ1) is 7.61. The second-order valence-electron chi connectivity index (χ2n) is 4.08. The summed E-state index contributed by atoms with van der Waals surface area (Å²) in [6, 6.07) is 17.1. The van der Waals surface area contributed by atoms with E-state index in [2.05, 4.69) is 75.2 Å². The third-order valence-electron chi connectivity index (χ3n) is 2.32. The molecule has 0 bridgehead atoms. The summed E-state index contributed by atoms with van der Waals surface area (Å²) in [6.07, 6.45) is 0. The zero-order valence-electron chi connectivity index (χ0n) is 11.0. The van der Waals surface area contributed by atoms with E-state index in [9.17, 15) is 0 Å². The maximum absolute atomic E-state index is 2.27. The van der Waals surface area contributed by atoms with Gasteiger partial charge in [0.05, 0.1) is 0 Å². The maximum Gasteiger partial charge on any atom is 2.00 e. The Hall–Kier alpha value is 0.443. The molecule has 0 unspecified atom stereocenters. The minimum absolute atomic E-state index is 0. The minimum Gasteiger partial charge on any atom is -0.213 e. The van der Waals surface area contributed by atoms with Crippen molar-refractivity contribution in [3.8, 4) is 0 Å². The van der Waals surface area contributed by atoms with E-state index in [1.165, 1.54) is 10.6 Å². The van der Waals surface area contributed by atoms with Gasteiger partial charge in [-0.3, -0.25) is 0 Å². The molecule has 0 spiro atoms. The molecule has 2 aromatic rings. The molecular formula is C14H20P2Zr. The van der Waals surface area contributed by atoms with E-state index in [-0.39, 0.29) is 42.0 Å². The smallest absolute Gasteiger partial charge is 0.213 e. The third kappa shape index (κ3) is 6.81. The van der Waals surface area contributed by atoms with Crippen molar-refractivity contribution in [2.45, 2.75) is 0 Å². The van der Waals surface area contributed by atoms with Crippen LogP contribution in [0.2, 0.25) is 0 Å². The molecule has 2 rings (SSSR count). The van der Waals surface area contributed by atoms with Gasteiger partial charge >= 0.3 is 26.2 Å². The van der Waals surface area contributed by atoms with Gasteiger partial charge < -0.3 is 0 Å². The molecule has 3 heteroatoms. The van der Waals surface area contributed by atoms with Gasteiger partial charge in [-0.25, -0.2) is 24.3 Å². The SMILES string of the molecule is CP(C)c1ccc[cH-]1.CP(C)c1ccc[cH-]1.[Zr+2]. The molecule has 0 heterocycles. The minimum atomic E-state index is 0. The Morgan fingerprint density at radius 3 is 1.24 bits per heavy atom. The van der Waals surface area contributed by atoms with Crippen LogP contribution in [0.15, 0.2) is 48.5 Å². The normalized spacial score (nSPS) is 9.76. The zero-order valence-corrected chi connectivity index (χ0v) is 15.3. The number of hydrogen-bond acceptors (Lipinski definition) is 0. The van der Waals surface area contributed by atoms with Crippen LogP contribution in [-0.4, -0.2) is 26.7 Å². The summed E-state index contributed by atoms with van der Waals surface area (Å²) in [6.45, 7) is 9.07. The molecule has 0 N–H and O–H groups in total. The Kier molecular flexibility index (Phi) is 9.63. The summed E-state index contributed by atoms with van der Waals surface area (Å²) in [5.74, 6) is 0. The van der Waals surface area contributed by atoms with Crippen LogP contribution >= 0.6 is 15.8 Å². The average Bonchev–Trinajstić information content (AvgIpc) is 2.93. The van der Waals surface area contributed by atoms with E-state index < -0.39 is 0 Å². The molecule has 0 fully saturated rings. The van der Waals surface area contributed by atoms with Gasteiger partial charge in [-0.05, 0) is 26.7 Å². The quantitative estimate of drug-likeness (QED) is 0.579. The topological polar surface area (TPSA) is 0 Å². The Bertz CT molecular complexity index is 323. The van der Waals surface area contributed by atoms with Crippen LogP contribution in [-0.2, 0) is 26.2 Å². The van der Waals surface area contributed by atoms with Crippen molar-refractivity contribution in [1.29, 1.82) is 0 Å². The second kappa shape index (κ2) is 9.38. The van der Waals surface area contributed by atoms with Crippen molar-refractivity contribution in [2.75, 3.05) is 26.7 Å². The molecule has 0 saturated heterocycles. The Labute approximate surface area is 127 Å². The van der Waals surface area contributed by atoms with E-state index >= 15 is 0 Å². The van der Waals surface area contributed by atoms with Gasteiger partial charge in [0.2, 0.25) is 0 Å². The van der Waals surface area contributed by atoms with Crippen LogP contribution in [0.4, 0.5) is 0 Å². The van der Waals surface area contributed by atoms with Crippen LogP contribution in [0.25, 0.3) is 0 Å². The predicted octanol–water partition coefficient (Wildman–Crippen LogP) is 3.54. The Morgan fingerprint density at radius 2 is 1.12 bits per heavy atom. The van der Waals surface area contributed by atoms with Crippen molar-refractivity contribution in [1.82, 2.24) is 0 Å². The fraction of sp³-hybridized carbons (Fsp3) is 0.286. The van der Waals surface area contributed by atoms with E-state index in [1.807, 2.05) is 0 Å². The molecule has 0 saturated carbocycles. The summed E-state index contributed by atoms with van der Waals surface area (Å²) >= 11 is 0. The Morgan fingerprint density at radius 1 is 0.765 bits per heavy atom. The molecule has 0 aliphatic heterocycles. The first kappa shape index (κ1) is 17.4. The van der Waals surface area contributed by atoms with E-state index in [0.717, 1.165) is 0 Å². The molecule has 90 valence electrons. The molecule has 2 aromatic carbocycles. The monoisotopic (exact) mass is 340 g/mol.